The lowest BCUT2D eigenvalue weighted by Crippen LogP contribution is -2.29. The van der Waals surface area contributed by atoms with Gasteiger partial charge in [-0.05, 0) is 18.4 Å². The van der Waals surface area contributed by atoms with E-state index in [1.54, 1.807) is 0 Å². The molecule has 0 saturated carbocycles. The second-order valence-electron chi connectivity index (χ2n) is 4.26. The smallest absolute Gasteiger partial charge is 0.274 e. The van der Waals surface area contributed by atoms with Crippen molar-refractivity contribution in [1.82, 2.24) is 0 Å². The van der Waals surface area contributed by atoms with Gasteiger partial charge >= 0.3 is 0 Å². The number of halogens is 2. The highest BCUT2D eigenvalue weighted by Crippen LogP contribution is 2.27. The summed E-state index contributed by atoms with van der Waals surface area (Å²) in [6.45, 7) is 3.81. The Morgan fingerprint density at radius 3 is 2.59 bits per heavy atom. The van der Waals surface area contributed by atoms with E-state index in [9.17, 15) is 14.5 Å². The van der Waals surface area contributed by atoms with E-state index in [1.165, 1.54) is 0 Å². The molecule has 94 valence electrons. The van der Waals surface area contributed by atoms with E-state index in [2.05, 4.69) is 0 Å². The van der Waals surface area contributed by atoms with Gasteiger partial charge in [0.05, 0.1) is 9.95 Å². The molecule has 17 heavy (non-hydrogen) atoms. The third-order valence-corrected chi connectivity index (χ3v) is 2.92. The van der Waals surface area contributed by atoms with Crippen LogP contribution in [0.3, 0.4) is 0 Å². The van der Waals surface area contributed by atoms with Gasteiger partial charge in [-0.15, -0.1) is 0 Å². The first-order chi connectivity index (χ1) is 7.82. The molecule has 0 bridgehead atoms. The molecule has 1 aromatic carbocycles. The van der Waals surface area contributed by atoms with Crippen LogP contribution in [-0.4, -0.2) is 11.0 Å². The Labute approximate surface area is 104 Å². The zero-order valence-corrected chi connectivity index (χ0v) is 10.4. The number of nitrogens with zero attached hydrogens (tertiary/aromatic N) is 1. The lowest BCUT2D eigenvalue weighted by molar-refractivity contribution is -0.385. The number of nitro groups is 1. The van der Waals surface area contributed by atoms with Crippen LogP contribution in [-0.2, 0) is 6.42 Å². The Balaban J connectivity index is 3.13. The summed E-state index contributed by atoms with van der Waals surface area (Å²) >= 11 is 5.52. The van der Waals surface area contributed by atoms with Gasteiger partial charge in [-0.1, -0.05) is 25.4 Å². The molecule has 0 aliphatic carbocycles. The van der Waals surface area contributed by atoms with Gasteiger partial charge in [0.1, 0.15) is 5.82 Å². The van der Waals surface area contributed by atoms with Gasteiger partial charge in [0.15, 0.2) is 0 Å². The second kappa shape index (κ2) is 5.42. The minimum absolute atomic E-state index is 0.161. The molecule has 0 radical (unpaired) electrons. The van der Waals surface area contributed by atoms with E-state index in [0.717, 1.165) is 12.1 Å². The Bertz CT molecular complexity index is 438. The molecular formula is C11H14ClFN2O2. The second-order valence-corrected chi connectivity index (χ2v) is 4.67. The zero-order valence-electron chi connectivity index (χ0n) is 9.61. The third kappa shape index (κ3) is 3.38. The van der Waals surface area contributed by atoms with Gasteiger partial charge in [0, 0.05) is 17.7 Å². The molecule has 1 rings (SSSR count). The Kier molecular flexibility index (Phi) is 4.42. The van der Waals surface area contributed by atoms with Gasteiger partial charge in [-0.2, -0.15) is 0 Å². The highest BCUT2D eigenvalue weighted by atomic mass is 35.5. The standard InChI is InChI=1S/C11H14ClFN2O2/c1-6(2)10(14)4-7-3-9(13)8(12)5-11(7)15(16)17/h3,5-6,10H,4,14H2,1-2H3. The molecule has 1 unspecified atom stereocenters. The summed E-state index contributed by atoms with van der Waals surface area (Å²) in [5.74, 6) is -0.503. The summed E-state index contributed by atoms with van der Waals surface area (Å²) in [4.78, 5) is 10.2. The third-order valence-electron chi connectivity index (χ3n) is 2.63. The highest BCUT2D eigenvalue weighted by Gasteiger charge is 2.20. The van der Waals surface area contributed by atoms with Crippen molar-refractivity contribution < 1.29 is 9.31 Å². The topological polar surface area (TPSA) is 69.2 Å². The zero-order chi connectivity index (χ0) is 13.2. The minimum Gasteiger partial charge on any atom is -0.327 e. The summed E-state index contributed by atoms with van der Waals surface area (Å²) in [6, 6.07) is 1.86. The van der Waals surface area contributed by atoms with Crippen molar-refractivity contribution >= 4 is 17.3 Å². The molecule has 0 aliphatic rings. The van der Waals surface area contributed by atoms with E-state index >= 15 is 0 Å². The fourth-order valence-electron chi connectivity index (χ4n) is 1.40. The van der Waals surface area contributed by atoms with E-state index < -0.39 is 10.7 Å². The van der Waals surface area contributed by atoms with Crippen LogP contribution in [0.15, 0.2) is 12.1 Å². The Morgan fingerprint density at radius 1 is 1.53 bits per heavy atom. The van der Waals surface area contributed by atoms with E-state index in [0.29, 0.717) is 0 Å². The molecule has 0 saturated heterocycles. The first-order valence-corrected chi connectivity index (χ1v) is 5.58. The molecule has 0 aromatic heterocycles. The lowest BCUT2D eigenvalue weighted by Gasteiger charge is -2.15. The Morgan fingerprint density at radius 2 is 2.12 bits per heavy atom. The van der Waals surface area contributed by atoms with Gasteiger partial charge in [0.25, 0.3) is 5.69 Å². The molecule has 0 fully saturated rings. The van der Waals surface area contributed by atoms with Crippen LogP contribution in [0.5, 0.6) is 0 Å². The maximum absolute atomic E-state index is 13.3. The van der Waals surface area contributed by atoms with Gasteiger partial charge in [-0.3, -0.25) is 10.1 Å². The van der Waals surface area contributed by atoms with Crippen LogP contribution in [0, 0.1) is 21.8 Å². The summed E-state index contributed by atoms with van der Waals surface area (Å²) in [5.41, 5.74) is 5.92. The Hall–Kier alpha value is -1.20. The normalized spacial score (nSPS) is 12.8. The van der Waals surface area contributed by atoms with Crippen LogP contribution in [0.1, 0.15) is 19.4 Å². The van der Waals surface area contributed by atoms with E-state index in [-0.39, 0.29) is 34.7 Å². The number of rotatable bonds is 4. The van der Waals surface area contributed by atoms with Gasteiger partial charge in [-0.25, -0.2) is 4.39 Å². The number of nitro benzene ring substituents is 1. The number of benzene rings is 1. The van der Waals surface area contributed by atoms with Crippen LogP contribution >= 0.6 is 11.6 Å². The maximum Gasteiger partial charge on any atom is 0.274 e. The fourth-order valence-corrected chi connectivity index (χ4v) is 1.56. The first-order valence-electron chi connectivity index (χ1n) is 5.20. The highest BCUT2D eigenvalue weighted by molar-refractivity contribution is 6.31. The van der Waals surface area contributed by atoms with Crippen molar-refractivity contribution in [2.45, 2.75) is 26.3 Å². The number of nitrogens with two attached hydrogens (primary N) is 1. The van der Waals surface area contributed by atoms with Gasteiger partial charge in [0.2, 0.25) is 0 Å². The van der Waals surface area contributed by atoms with E-state index in [4.69, 9.17) is 17.3 Å². The van der Waals surface area contributed by atoms with Gasteiger partial charge < -0.3 is 5.73 Å². The molecule has 2 N–H and O–H groups in total. The van der Waals surface area contributed by atoms with Crippen LogP contribution in [0.2, 0.25) is 5.02 Å². The predicted molar refractivity (Wildman–Crippen MR) is 64.6 cm³/mol. The SMILES string of the molecule is CC(C)C(N)Cc1cc(F)c(Cl)cc1[N+](=O)[O-]. The van der Waals surface area contributed by atoms with Crippen LogP contribution in [0.25, 0.3) is 0 Å². The van der Waals surface area contributed by atoms with Crippen molar-refractivity contribution in [3.05, 3.63) is 38.7 Å². The van der Waals surface area contributed by atoms with Crippen LogP contribution < -0.4 is 5.73 Å². The van der Waals surface area contributed by atoms with Crippen molar-refractivity contribution in [2.75, 3.05) is 0 Å². The monoisotopic (exact) mass is 260 g/mol. The van der Waals surface area contributed by atoms with Crippen molar-refractivity contribution in [3.63, 3.8) is 0 Å². The molecule has 0 aliphatic heterocycles. The molecule has 6 heteroatoms. The van der Waals surface area contributed by atoms with Crippen LogP contribution in [0.4, 0.5) is 10.1 Å². The first kappa shape index (κ1) is 13.9. The summed E-state index contributed by atoms with van der Waals surface area (Å²) in [5, 5.41) is 10.6. The molecule has 1 atom stereocenters. The molecule has 1 aromatic rings. The summed E-state index contributed by atoms with van der Waals surface area (Å²) in [6.07, 6.45) is 0.252. The van der Waals surface area contributed by atoms with E-state index in [1.807, 2.05) is 13.8 Å². The molecule has 0 spiro atoms. The number of hydrogen-bond acceptors (Lipinski definition) is 3. The minimum atomic E-state index is -0.664. The quantitative estimate of drug-likeness (QED) is 0.668. The van der Waals surface area contributed by atoms with Crippen molar-refractivity contribution in [3.8, 4) is 0 Å². The summed E-state index contributed by atoms with van der Waals surface area (Å²) in [7, 11) is 0. The van der Waals surface area contributed by atoms with Crippen molar-refractivity contribution in [2.24, 2.45) is 11.7 Å². The molecular weight excluding hydrogens is 247 g/mol. The molecule has 0 amide bonds. The lowest BCUT2D eigenvalue weighted by atomic mass is 9.96. The fraction of sp³-hybridized carbons (Fsp3) is 0.455. The predicted octanol–water partition coefficient (Wildman–Crippen LogP) is 2.91. The average Bonchev–Trinajstić information content (AvgIpc) is 2.22. The maximum atomic E-state index is 13.3. The average molecular weight is 261 g/mol. The molecule has 4 nitrogen and oxygen atoms in total. The largest absolute Gasteiger partial charge is 0.327 e. The summed E-state index contributed by atoms with van der Waals surface area (Å²) < 4.78 is 13.3. The number of hydrogen-bond donors (Lipinski definition) is 1. The molecule has 0 heterocycles. The van der Waals surface area contributed by atoms with Crippen molar-refractivity contribution in [1.29, 1.82) is 0 Å².